The summed E-state index contributed by atoms with van der Waals surface area (Å²) < 4.78 is 11.4. The molecule has 0 amide bonds. The van der Waals surface area contributed by atoms with E-state index in [2.05, 4.69) is 20.4 Å². The van der Waals surface area contributed by atoms with Crippen LogP contribution in [0, 0.1) is 0 Å². The van der Waals surface area contributed by atoms with Crippen LogP contribution >= 0.6 is 0 Å². The molecule has 0 saturated heterocycles. The Labute approximate surface area is 180 Å². The molecule has 0 fully saturated rings. The van der Waals surface area contributed by atoms with Gasteiger partial charge in [0, 0.05) is 34.6 Å². The lowest BCUT2D eigenvalue weighted by atomic mass is 10.1. The third-order valence-corrected chi connectivity index (χ3v) is 4.73. The topological polar surface area (TPSA) is 170 Å². The van der Waals surface area contributed by atoms with E-state index in [0.717, 1.165) is 0 Å². The molecule has 158 valence electrons. The number of nitrogens with two attached hydrogens (primary N) is 2. The molecule has 5 aromatic rings. The second-order valence-electron chi connectivity index (χ2n) is 6.96. The molecule has 2 aromatic heterocycles. The summed E-state index contributed by atoms with van der Waals surface area (Å²) in [6.07, 6.45) is 0. The largest absolute Gasteiger partial charge is 0.507 e. The molecule has 0 aliphatic carbocycles. The number of aromatic nitrogens is 4. The summed E-state index contributed by atoms with van der Waals surface area (Å²) >= 11 is 0. The number of rotatable bonds is 4. The number of phenolic OH excluding ortho intramolecular Hbond substituents is 2. The molecular formula is C22H16N6O4. The van der Waals surface area contributed by atoms with E-state index in [9.17, 15) is 10.2 Å². The van der Waals surface area contributed by atoms with E-state index in [1.165, 1.54) is 12.1 Å². The normalized spacial score (nSPS) is 11.0. The van der Waals surface area contributed by atoms with Crippen molar-refractivity contribution in [2.75, 3.05) is 11.5 Å². The fourth-order valence-corrected chi connectivity index (χ4v) is 3.11. The minimum Gasteiger partial charge on any atom is -0.507 e. The number of phenols is 2. The maximum absolute atomic E-state index is 10.0. The summed E-state index contributed by atoms with van der Waals surface area (Å²) in [6.45, 7) is 0. The third kappa shape index (κ3) is 3.45. The standard InChI is InChI=1S/C22H16N6O4/c23-13-5-7-15(17(29)9-13)21-27-25-19(31-21)11-1-2-12(4-3-11)20-26-28-22(32-20)16-8-6-14(24)10-18(16)30/h1-10,29-30H,23-24H2. The molecule has 0 atom stereocenters. The average molecular weight is 428 g/mol. The predicted octanol–water partition coefficient (Wildman–Crippen LogP) is 3.70. The Morgan fingerprint density at radius 1 is 0.531 bits per heavy atom. The van der Waals surface area contributed by atoms with Crippen molar-refractivity contribution in [1.82, 2.24) is 20.4 Å². The summed E-state index contributed by atoms with van der Waals surface area (Å²) in [5.41, 5.74) is 14.3. The smallest absolute Gasteiger partial charge is 0.251 e. The van der Waals surface area contributed by atoms with Gasteiger partial charge in [0.2, 0.25) is 11.8 Å². The van der Waals surface area contributed by atoms with Gasteiger partial charge in [0.15, 0.2) is 0 Å². The number of benzene rings is 3. The van der Waals surface area contributed by atoms with Crippen molar-refractivity contribution in [3.63, 3.8) is 0 Å². The monoisotopic (exact) mass is 428 g/mol. The molecule has 0 radical (unpaired) electrons. The highest BCUT2D eigenvalue weighted by Gasteiger charge is 2.16. The van der Waals surface area contributed by atoms with Crippen LogP contribution in [0.5, 0.6) is 11.5 Å². The van der Waals surface area contributed by atoms with Gasteiger partial charge in [0.25, 0.3) is 11.8 Å². The van der Waals surface area contributed by atoms with Crippen molar-refractivity contribution in [2.24, 2.45) is 0 Å². The molecule has 2 heterocycles. The van der Waals surface area contributed by atoms with Gasteiger partial charge in [0.05, 0.1) is 11.1 Å². The van der Waals surface area contributed by atoms with Gasteiger partial charge in [-0.1, -0.05) is 0 Å². The lowest BCUT2D eigenvalue weighted by Crippen LogP contribution is -1.85. The summed E-state index contributed by atoms with van der Waals surface area (Å²) in [6, 6.07) is 16.4. The molecular weight excluding hydrogens is 412 g/mol. The number of hydrogen-bond acceptors (Lipinski definition) is 10. The highest BCUT2D eigenvalue weighted by Crippen LogP contribution is 2.34. The maximum atomic E-state index is 10.0. The van der Waals surface area contributed by atoms with Gasteiger partial charge >= 0.3 is 0 Å². The Hall–Kier alpha value is -4.86. The Bertz CT molecular complexity index is 1320. The Morgan fingerprint density at radius 3 is 1.28 bits per heavy atom. The lowest BCUT2D eigenvalue weighted by molar-refractivity contribution is 0.473. The predicted molar refractivity (Wildman–Crippen MR) is 116 cm³/mol. The van der Waals surface area contributed by atoms with Crippen molar-refractivity contribution in [1.29, 1.82) is 0 Å². The SMILES string of the molecule is Nc1ccc(-c2nnc(-c3ccc(-c4nnc(-c5ccc(N)cc5O)o4)cc3)o2)c(O)c1. The zero-order chi connectivity index (χ0) is 22.2. The second-order valence-corrected chi connectivity index (χ2v) is 6.96. The molecule has 0 bridgehead atoms. The van der Waals surface area contributed by atoms with Gasteiger partial charge in [0.1, 0.15) is 11.5 Å². The van der Waals surface area contributed by atoms with Gasteiger partial charge in [-0.05, 0) is 48.5 Å². The van der Waals surface area contributed by atoms with E-state index < -0.39 is 0 Å². The molecule has 0 aliphatic rings. The highest BCUT2D eigenvalue weighted by atomic mass is 16.4. The first kappa shape index (κ1) is 19.1. The number of anilines is 2. The molecule has 10 heteroatoms. The molecule has 10 nitrogen and oxygen atoms in total. The molecule has 6 N–H and O–H groups in total. The number of nitrogens with zero attached hydrogens (tertiary/aromatic N) is 4. The summed E-state index contributed by atoms with van der Waals surface area (Å²) in [4.78, 5) is 0. The van der Waals surface area contributed by atoms with Crippen molar-refractivity contribution in [2.45, 2.75) is 0 Å². The minimum atomic E-state index is -0.0464. The van der Waals surface area contributed by atoms with E-state index in [1.54, 1.807) is 48.5 Å². The first-order valence-electron chi connectivity index (χ1n) is 9.43. The van der Waals surface area contributed by atoms with Crippen LogP contribution in [0.2, 0.25) is 0 Å². The van der Waals surface area contributed by atoms with Crippen molar-refractivity contribution in [3.8, 4) is 57.3 Å². The summed E-state index contributed by atoms with van der Waals surface area (Å²) in [7, 11) is 0. The number of nitrogen functional groups attached to an aromatic ring is 2. The quantitative estimate of drug-likeness (QED) is 0.309. The van der Waals surface area contributed by atoms with Gasteiger partial charge in [-0.15, -0.1) is 20.4 Å². The number of hydrogen-bond donors (Lipinski definition) is 4. The Kier molecular flexibility index (Phi) is 4.44. The molecule has 3 aromatic carbocycles. The van der Waals surface area contributed by atoms with Gasteiger partial charge < -0.3 is 30.5 Å². The molecule has 0 spiro atoms. The van der Waals surface area contributed by atoms with Crippen LogP contribution in [0.4, 0.5) is 11.4 Å². The van der Waals surface area contributed by atoms with Crippen LogP contribution in [-0.2, 0) is 0 Å². The maximum Gasteiger partial charge on any atom is 0.251 e. The molecule has 32 heavy (non-hydrogen) atoms. The zero-order valence-electron chi connectivity index (χ0n) is 16.4. The Morgan fingerprint density at radius 2 is 0.906 bits per heavy atom. The first-order valence-corrected chi connectivity index (χ1v) is 9.43. The van der Waals surface area contributed by atoms with Crippen LogP contribution in [0.1, 0.15) is 0 Å². The highest BCUT2D eigenvalue weighted by molar-refractivity contribution is 5.69. The van der Waals surface area contributed by atoms with Crippen LogP contribution in [0.15, 0.2) is 69.5 Å². The van der Waals surface area contributed by atoms with Crippen molar-refractivity contribution >= 4 is 11.4 Å². The average Bonchev–Trinajstić information content (AvgIpc) is 3.44. The third-order valence-electron chi connectivity index (χ3n) is 4.73. The summed E-state index contributed by atoms with van der Waals surface area (Å²) in [5, 5.41) is 36.2. The Balaban J connectivity index is 1.39. The zero-order valence-corrected chi connectivity index (χ0v) is 16.4. The van der Waals surface area contributed by atoms with Crippen LogP contribution in [0.25, 0.3) is 45.8 Å². The van der Waals surface area contributed by atoms with Gasteiger partial charge in [-0.25, -0.2) is 0 Å². The van der Waals surface area contributed by atoms with Gasteiger partial charge in [-0.2, -0.15) is 0 Å². The van der Waals surface area contributed by atoms with Crippen molar-refractivity contribution < 1.29 is 19.0 Å². The molecule has 0 saturated carbocycles. The number of aromatic hydroxyl groups is 2. The molecule has 5 rings (SSSR count). The lowest BCUT2D eigenvalue weighted by Gasteiger charge is -2.01. The van der Waals surface area contributed by atoms with Gasteiger partial charge in [-0.3, -0.25) is 0 Å². The van der Waals surface area contributed by atoms with E-state index in [0.29, 0.717) is 33.6 Å². The summed E-state index contributed by atoms with van der Waals surface area (Å²) in [5.74, 6) is 0.809. The van der Waals surface area contributed by atoms with Crippen LogP contribution in [0.3, 0.4) is 0 Å². The molecule has 0 aliphatic heterocycles. The first-order chi connectivity index (χ1) is 15.5. The van der Waals surface area contributed by atoms with E-state index in [1.807, 2.05) is 0 Å². The minimum absolute atomic E-state index is 0.0464. The molecule has 0 unspecified atom stereocenters. The second kappa shape index (κ2) is 7.43. The van der Waals surface area contributed by atoms with Crippen molar-refractivity contribution in [3.05, 3.63) is 60.7 Å². The van der Waals surface area contributed by atoms with E-state index in [4.69, 9.17) is 20.3 Å². The van der Waals surface area contributed by atoms with E-state index >= 15 is 0 Å². The fraction of sp³-hybridized carbons (Fsp3) is 0. The van der Waals surface area contributed by atoms with E-state index in [-0.39, 0.29) is 35.1 Å². The fourth-order valence-electron chi connectivity index (χ4n) is 3.11. The van der Waals surface area contributed by atoms with Crippen LogP contribution in [-0.4, -0.2) is 30.6 Å². The van der Waals surface area contributed by atoms with Crippen LogP contribution < -0.4 is 11.5 Å².